The summed E-state index contributed by atoms with van der Waals surface area (Å²) in [6.07, 6.45) is 1.05. The minimum Gasteiger partial charge on any atom is -0.410 e. The van der Waals surface area contributed by atoms with Gasteiger partial charge in [0.1, 0.15) is 6.61 Å². The first-order chi connectivity index (χ1) is 7.43. The summed E-state index contributed by atoms with van der Waals surface area (Å²) in [5.41, 5.74) is 4.63. The molecule has 1 atom stereocenters. The van der Waals surface area contributed by atoms with Crippen molar-refractivity contribution in [3.8, 4) is 0 Å². The Labute approximate surface area is 91.5 Å². The molecule has 0 spiro atoms. The Hall–Kier alpha value is -1.96. The Morgan fingerprint density at radius 1 is 1.75 bits per heavy atom. The normalized spacial score (nSPS) is 14.6. The van der Waals surface area contributed by atoms with E-state index in [4.69, 9.17) is 10.9 Å². The summed E-state index contributed by atoms with van der Waals surface area (Å²) in [6.45, 7) is 1.27. The van der Waals surface area contributed by atoms with E-state index in [9.17, 15) is 14.9 Å². The molecule has 0 aliphatic rings. The maximum atomic E-state index is 10.7. The highest BCUT2D eigenvalue weighted by Gasteiger charge is 2.23. The van der Waals surface area contributed by atoms with Crippen molar-refractivity contribution in [1.82, 2.24) is 0 Å². The number of ether oxygens (including phenoxy) is 1. The Morgan fingerprint density at radius 2 is 2.31 bits per heavy atom. The van der Waals surface area contributed by atoms with Gasteiger partial charge in [-0.15, -0.1) is 0 Å². The van der Waals surface area contributed by atoms with Crippen LogP contribution in [0.15, 0.2) is 16.8 Å². The maximum absolute atomic E-state index is 10.7. The average molecular weight is 231 g/mol. The van der Waals surface area contributed by atoms with Crippen LogP contribution in [0, 0.1) is 10.1 Å². The lowest BCUT2D eigenvalue weighted by molar-refractivity contribution is -0.515. The molecule has 0 aliphatic carbocycles. The Morgan fingerprint density at radius 3 is 2.62 bits per heavy atom. The predicted molar refractivity (Wildman–Crippen MR) is 54.8 cm³/mol. The summed E-state index contributed by atoms with van der Waals surface area (Å²) in [7, 11) is 1.32. The van der Waals surface area contributed by atoms with Gasteiger partial charge >= 0.3 is 0 Å². The zero-order chi connectivity index (χ0) is 12.7. The van der Waals surface area contributed by atoms with Crippen molar-refractivity contribution < 1.29 is 19.7 Å². The summed E-state index contributed by atoms with van der Waals surface area (Å²) >= 11 is 0. The molecule has 0 rings (SSSR count). The van der Waals surface area contributed by atoms with Crippen molar-refractivity contribution in [2.45, 2.75) is 13.0 Å². The lowest BCUT2D eigenvalue weighted by atomic mass is 10.1. The Bertz CT molecular complexity index is 337. The van der Waals surface area contributed by atoms with Gasteiger partial charge in [-0.05, 0) is 13.0 Å². The monoisotopic (exact) mass is 231 g/mol. The number of nitrogens with zero attached hydrogens (tertiary/aromatic N) is 2. The highest BCUT2D eigenvalue weighted by molar-refractivity contribution is 6.42. The summed E-state index contributed by atoms with van der Waals surface area (Å²) in [5.74, 6) is -0.971. The van der Waals surface area contributed by atoms with Gasteiger partial charge in [0.15, 0.2) is 5.71 Å². The van der Waals surface area contributed by atoms with Crippen molar-refractivity contribution in [1.29, 1.82) is 0 Å². The van der Waals surface area contributed by atoms with E-state index in [1.165, 1.54) is 14.0 Å². The van der Waals surface area contributed by atoms with Crippen molar-refractivity contribution in [2.75, 3.05) is 13.7 Å². The molecule has 0 bridgehead atoms. The summed E-state index contributed by atoms with van der Waals surface area (Å²) in [6, 6.07) is -1.11. The second-order valence-corrected chi connectivity index (χ2v) is 2.99. The number of primary amides is 1. The van der Waals surface area contributed by atoms with Crippen LogP contribution in [0.5, 0.6) is 0 Å². The fourth-order valence-electron chi connectivity index (χ4n) is 0.978. The van der Waals surface area contributed by atoms with E-state index in [-0.39, 0.29) is 12.2 Å². The lowest BCUT2D eigenvalue weighted by Gasteiger charge is -2.08. The van der Waals surface area contributed by atoms with Gasteiger partial charge in [-0.25, -0.2) is 0 Å². The van der Waals surface area contributed by atoms with Gasteiger partial charge in [0.05, 0.1) is 0 Å². The summed E-state index contributed by atoms with van der Waals surface area (Å²) < 4.78 is 4.66. The molecule has 8 heteroatoms. The molecule has 0 radical (unpaired) electrons. The minimum absolute atomic E-state index is 0.146. The molecule has 1 amide bonds. The first-order valence-electron chi connectivity index (χ1n) is 4.26. The van der Waals surface area contributed by atoms with Crippen LogP contribution in [-0.4, -0.2) is 41.5 Å². The van der Waals surface area contributed by atoms with E-state index in [0.717, 1.165) is 6.08 Å². The van der Waals surface area contributed by atoms with Crippen LogP contribution in [-0.2, 0) is 9.53 Å². The molecule has 0 aromatic carbocycles. The summed E-state index contributed by atoms with van der Waals surface area (Å²) in [4.78, 5) is 20.8. The van der Waals surface area contributed by atoms with Crippen LogP contribution in [0.1, 0.15) is 6.92 Å². The fraction of sp³-hybridized carbons (Fsp3) is 0.500. The molecule has 0 aromatic rings. The van der Waals surface area contributed by atoms with Crippen LogP contribution >= 0.6 is 0 Å². The molecular weight excluding hydrogens is 218 g/mol. The molecule has 16 heavy (non-hydrogen) atoms. The number of methoxy groups -OCH3 is 1. The highest BCUT2D eigenvalue weighted by atomic mass is 16.6. The van der Waals surface area contributed by atoms with Crippen molar-refractivity contribution in [3.63, 3.8) is 0 Å². The third-order valence-electron chi connectivity index (χ3n) is 1.83. The van der Waals surface area contributed by atoms with Gasteiger partial charge in [0.2, 0.25) is 0 Å². The number of oxime groups is 1. The standard InChI is InChI=1S/C8H13N3O5/c1-5(3-6(10-13)8(9)12)7(4-16-2)11(14)15/h3,7,13H,4H2,1-2H3,(H2,9,12)/b5-3+,10-6-. The molecule has 8 nitrogen and oxygen atoms in total. The molecule has 0 saturated carbocycles. The van der Waals surface area contributed by atoms with E-state index in [0.29, 0.717) is 0 Å². The molecule has 0 aromatic heterocycles. The molecule has 0 fully saturated rings. The number of amides is 1. The molecule has 3 N–H and O–H groups in total. The van der Waals surface area contributed by atoms with E-state index in [1.807, 2.05) is 0 Å². The van der Waals surface area contributed by atoms with Gasteiger partial charge in [-0.3, -0.25) is 14.9 Å². The average Bonchev–Trinajstić information content (AvgIpc) is 2.21. The van der Waals surface area contributed by atoms with Gasteiger partial charge in [-0.1, -0.05) is 5.16 Å². The molecule has 0 heterocycles. The van der Waals surface area contributed by atoms with Crippen LogP contribution in [0.2, 0.25) is 0 Å². The first kappa shape index (κ1) is 14.0. The van der Waals surface area contributed by atoms with Crippen LogP contribution in [0.4, 0.5) is 0 Å². The van der Waals surface area contributed by atoms with Crippen molar-refractivity contribution >= 4 is 11.6 Å². The molecular formula is C8H13N3O5. The van der Waals surface area contributed by atoms with Gasteiger partial charge in [0.25, 0.3) is 11.9 Å². The number of hydrogen-bond acceptors (Lipinski definition) is 6. The number of nitrogens with two attached hydrogens (primary N) is 1. The molecule has 0 saturated heterocycles. The topological polar surface area (TPSA) is 128 Å². The third kappa shape index (κ3) is 4.05. The number of nitro groups is 1. The molecule has 0 aliphatic heterocycles. The predicted octanol–water partition coefficient (Wildman–Crippen LogP) is -0.460. The van der Waals surface area contributed by atoms with Gasteiger partial charge in [-0.2, -0.15) is 0 Å². The third-order valence-corrected chi connectivity index (χ3v) is 1.83. The zero-order valence-corrected chi connectivity index (χ0v) is 8.91. The first-order valence-corrected chi connectivity index (χ1v) is 4.26. The highest BCUT2D eigenvalue weighted by Crippen LogP contribution is 2.06. The smallest absolute Gasteiger partial charge is 0.270 e. The van der Waals surface area contributed by atoms with Gasteiger partial charge < -0.3 is 15.7 Å². The number of rotatable bonds is 6. The number of hydrogen-bond donors (Lipinski definition) is 2. The fourth-order valence-corrected chi connectivity index (χ4v) is 0.978. The quantitative estimate of drug-likeness (QED) is 0.276. The van der Waals surface area contributed by atoms with E-state index in [1.54, 1.807) is 0 Å². The van der Waals surface area contributed by atoms with E-state index >= 15 is 0 Å². The number of carbonyl (C=O) groups is 1. The van der Waals surface area contributed by atoms with Crippen molar-refractivity contribution in [2.24, 2.45) is 10.9 Å². The Kier molecular flexibility index (Phi) is 5.71. The van der Waals surface area contributed by atoms with Crippen molar-refractivity contribution in [3.05, 3.63) is 21.8 Å². The SMILES string of the molecule is COCC(/C(C)=C/C(=N/O)C(N)=O)[N+](=O)[O-]. The Balaban J connectivity index is 4.98. The van der Waals surface area contributed by atoms with Crippen LogP contribution in [0.25, 0.3) is 0 Å². The van der Waals surface area contributed by atoms with Crippen LogP contribution in [0.3, 0.4) is 0 Å². The summed E-state index contributed by atoms with van der Waals surface area (Å²) in [5, 5.41) is 21.7. The van der Waals surface area contributed by atoms with Gasteiger partial charge in [0, 0.05) is 17.6 Å². The second kappa shape index (κ2) is 6.51. The second-order valence-electron chi connectivity index (χ2n) is 2.99. The minimum atomic E-state index is -1.11. The van der Waals surface area contributed by atoms with E-state index < -0.39 is 22.6 Å². The lowest BCUT2D eigenvalue weighted by Crippen LogP contribution is -2.28. The van der Waals surface area contributed by atoms with E-state index in [2.05, 4.69) is 9.89 Å². The molecule has 90 valence electrons. The van der Waals surface area contributed by atoms with Crippen LogP contribution < -0.4 is 5.73 Å². The number of carbonyl (C=O) groups excluding carboxylic acids is 1. The maximum Gasteiger partial charge on any atom is 0.270 e. The largest absolute Gasteiger partial charge is 0.410 e. The molecule has 1 unspecified atom stereocenters. The zero-order valence-electron chi connectivity index (χ0n) is 8.91.